The molecule has 2 heterocycles. The van der Waals surface area contributed by atoms with E-state index in [0.29, 0.717) is 6.42 Å². The van der Waals surface area contributed by atoms with Gasteiger partial charge in [-0.2, -0.15) is 0 Å². The van der Waals surface area contributed by atoms with E-state index in [1.54, 1.807) is 6.92 Å². The first-order valence-corrected chi connectivity index (χ1v) is 7.34. The molecule has 4 atom stereocenters. The highest BCUT2D eigenvalue weighted by Crippen LogP contribution is 2.51. The summed E-state index contributed by atoms with van der Waals surface area (Å²) in [7, 11) is 0. The van der Waals surface area contributed by atoms with Crippen LogP contribution in [0.15, 0.2) is 12.2 Å². The summed E-state index contributed by atoms with van der Waals surface area (Å²) in [6.07, 6.45) is 6.43. The second kappa shape index (κ2) is 4.66. The maximum atomic E-state index is 12.9. The van der Waals surface area contributed by atoms with Crippen molar-refractivity contribution in [2.75, 3.05) is 6.61 Å². The van der Waals surface area contributed by atoms with Crippen LogP contribution in [0.4, 0.5) is 0 Å². The van der Waals surface area contributed by atoms with Crippen molar-refractivity contribution in [2.24, 2.45) is 11.8 Å². The van der Waals surface area contributed by atoms with Crippen molar-refractivity contribution in [1.29, 1.82) is 0 Å². The molecule has 2 aliphatic heterocycles. The average Bonchev–Trinajstić information content (AvgIpc) is 2.65. The molecule has 0 aromatic heterocycles. The smallest absolute Gasteiger partial charge is 0.344 e. The fourth-order valence-corrected chi connectivity index (χ4v) is 3.78. The Morgan fingerprint density at radius 1 is 1.52 bits per heavy atom. The molecule has 2 N–H and O–H groups in total. The first-order chi connectivity index (χ1) is 9.97. The Bertz CT molecular complexity index is 542. The van der Waals surface area contributed by atoms with Crippen molar-refractivity contribution < 1.29 is 24.2 Å². The van der Waals surface area contributed by atoms with E-state index in [1.165, 1.54) is 0 Å². The maximum absolute atomic E-state index is 12.9. The summed E-state index contributed by atoms with van der Waals surface area (Å²) in [6, 6.07) is 0. The molecule has 0 saturated carbocycles. The van der Waals surface area contributed by atoms with Crippen molar-refractivity contribution in [3.05, 3.63) is 12.2 Å². The summed E-state index contributed by atoms with van der Waals surface area (Å²) < 4.78 is 5.22. The van der Waals surface area contributed by atoms with Crippen molar-refractivity contribution in [3.8, 4) is 0 Å². The summed E-state index contributed by atoms with van der Waals surface area (Å²) in [4.78, 5) is 37.1. The summed E-state index contributed by atoms with van der Waals surface area (Å²) in [5.41, 5.74) is -2.76. The molecule has 6 nitrogen and oxygen atoms in total. The van der Waals surface area contributed by atoms with E-state index in [2.05, 4.69) is 5.32 Å². The number of rotatable bonds is 4. The van der Waals surface area contributed by atoms with Gasteiger partial charge >= 0.3 is 5.97 Å². The van der Waals surface area contributed by atoms with E-state index in [0.717, 1.165) is 12.8 Å². The van der Waals surface area contributed by atoms with E-state index < -0.39 is 28.9 Å². The number of carbonyl (C=O) groups is 3. The highest BCUT2D eigenvalue weighted by Gasteiger charge is 2.79. The molecule has 2 saturated heterocycles. The van der Waals surface area contributed by atoms with Crippen molar-refractivity contribution in [3.63, 3.8) is 0 Å². The van der Waals surface area contributed by atoms with E-state index in [-0.39, 0.29) is 24.7 Å². The van der Waals surface area contributed by atoms with Crippen LogP contribution in [0.3, 0.4) is 0 Å². The van der Waals surface area contributed by atoms with Gasteiger partial charge in [0.2, 0.25) is 11.4 Å². The Balaban J connectivity index is 1.96. The minimum atomic E-state index is -1.57. The summed E-state index contributed by atoms with van der Waals surface area (Å²) in [5.74, 6) is -2.41. The zero-order valence-corrected chi connectivity index (χ0v) is 11.9. The number of amides is 1. The predicted octanol–water partition coefficient (Wildman–Crippen LogP) is 0.0945. The zero-order chi connectivity index (χ0) is 15.3. The Morgan fingerprint density at radius 3 is 2.86 bits per heavy atom. The van der Waals surface area contributed by atoms with Crippen molar-refractivity contribution in [1.82, 2.24) is 5.32 Å². The van der Waals surface area contributed by atoms with Gasteiger partial charge in [-0.3, -0.25) is 9.59 Å². The number of fused-ring (bicyclic) bond motifs is 1. The van der Waals surface area contributed by atoms with E-state index in [4.69, 9.17) is 9.84 Å². The third-order valence-electron chi connectivity index (χ3n) is 5.03. The number of carbonyl (C=O) groups excluding carboxylic acids is 3. The predicted molar refractivity (Wildman–Crippen MR) is 72.1 cm³/mol. The number of allylic oxidation sites excluding steroid dienone is 2. The minimum absolute atomic E-state index is 0.172. The molecule has 1 amide bonds. The number of hydrogen-bond acceptors (Lipinski definition) is 5. The molecule has 0 spiro atoms. The van der Waals surface area contributed by atoms with Crippen molar-refractivity contribution >= 4 is 17.7 Å². The normalized spacial score (nSPS) is 41.0. The van der Waals surface area contributed by atoms with Crippen LogP contribution in [-0.2, 0) is 19.1 Å². The lowest BCUT2D eigenvalue weighted by Crippen LogP contribution is -2.78. The van der Waals surface area contributed by atoms with Crippen LogP contribution >= 0.6 is 0 Å². The molecule has 3 aliphatic rings. The largest absolute Gasteiger partial charge is 0.453 e. The van der Waals surface area contributed by atoms with E-state index in [1.807, 2.05) is 12.2 Å². The molecule has 1 aliphatic carbocycles. The van der Waals surface area contributed by atoms with Crippen LogP contribution in [0, 0.1) is 11.8 Å². The summed E-state index contributed by atoms with van der Waals surface area (Å²) >= 11 is 0. The standard InChI is InChI=1S/C15H19NO5/c1-14-10(7-8-17)12(19)16-15(14,13(20)21-14)11(18)9-5-3-2-4-6-9/h3,5,9-10,17H,2,4,6-8H2,1H3,(H,16,19)/t9-,10+,14+,15+/m1/s1. The first kappa shape index (κ1) is 14.3. The lowest BCUT2D eigenvalue weighted by molar-refractivity contribution is -0.219. The molecule has 0 aromatic carbocycles. The number of aliphatic hydroxyl groups is 1. The third kappa shape index (κ3) is 1.65. The molecular formula is C15H19NO5. The van der Waals surface area contributed by atoms with Crippen LogP contribution in [0.2, 0.25) is 0 Å². The van der Waals surface area contributed by atoms with Crippen molar-refractivity contribution in [2.45, 2.75) is 43.7 Å². The lowest BCUT2D eigenvalue weighted by Gasteiger charge is -2.50. The quantitative estimate of drug-likeness (QED) is 0.435. The molecule has 3 rings (SSSR count). The SMILES string of the molecule is C[C@@]12OC(=O)[C@]1(C(=O)[C@@H]1C=CCCC1)NC(=O)[C@@H]2CCO. The lowest BCUT2D eigenvalue weighted by atomic mass is 9.65. The molecule has 0 unspecified atom stereocenters. The number of ketones is 1. The van der Waals surface area contributed by atoms with Gasteiger partial charge in [0, 0.05) is 12.5 Å². The molecule has 2 fully saturated rings. The zero-order valence-electron chi connectivity index (χ0n) is 11.9. The molecule has 0 bridgehead atoms. The fourth-order valence-electron chi connectivity index (χ4n) is 3.78. The highest BCUT2D eigenvalue weighted by atomic mass is 16.6. The Labute approximate surface area is 122 Å². The van der Waals surface area contributed by atoms with Gasteiger partial charge in [0.15, 0.2) is 11.4 Å². The molecule has 21 heavy (non-hydrogen) atoms. The van der Waals surface area contributed by atoms with Crippen LogP contribution in [0.1, 0.15) is 32.6 Å². The second-order valence-corrected chi connectivity index (χ2v) is 6.13. The fraction of sp³-hybridized carbons (Fsp3) is 0.667. The highest BCUT2D eigenvalue weighted by molar-refractivity contribution is 6.20. The number of hydrogen-bond donors (Lipinski definition) is 2. The maximum Gasteiger partial charge on any atom is 0.344 e. The molecule has 0 aromatic rings. The van der Waals surface area contributed by atoms with E-state index in [9.17, 15) is 14.4 Å². The molecule has 6 heteroatoms. The van der Waals surface area contributed by atoms with Gasteiger partial charge in [-0.15, -0.1) is 0 Å². The number of ether oxygens (including phenoxy) is 1. The Kier molecular flexibility index (Phi) is 3.16. The van der Waals surface area contributed by atoms with Crippen LogP contribution in [-0.4, -0.2) is 40.5 Å². The van der Waals surface area contributed by atoms with Crippen LogP contribution in [0.5, 0.6) is 0 Å². The Hall–Kier alpha value is -1.69. The third-order valence-corrected chi connectivity index (χ3v) is 5.03. The average molecular weight is 293 g/mol. The van der Waals surface area contributed by atoms with Gasteiger partial charge in [0.25, 0.3) is 0 Å². The van der Waals surface area contributed by atoms with Gasteiger partial charge in [-0.05, 0) is 32.6 Å². The molecule has 0 radical (unpaired) electrons. The van der Waals surface area contributed by atoms with E-state index >= 15 is 0 Å². The second-order valence-electron chi connectivity index (χ2n) is 6.13. The molecule has 114 valence electrons. The topological polar surface area (TPSA) is 92.7 Å². The monoisotopic (exact) mass is 293 g/mol. The number of aliphatic hydroxyl groups excluding tert-OH is 1. The minimum Gasteiger partial charge on any atom is -0.453 e. The summed E-state index contributed by atoms with van der Waals surface area (Å²) in [5, 5.41) is 11.7. The van der Waals surface area contributed by atoms with Gasteiger partial charge < -0.3 is 15.2 Å². The Morgan fingerprint density at radius 2 is 2.29 bits per heavy atom. The van der Waals surface area contributed by atoms with Gasteiger partial charge in [-0.1, -0.05) is 12.2 Å². The molecular weight excluding hydrogens is 274 g/mol. The van der Waals surface area contributed by atoms with Gasteiger partial charge in [0.05, 0.1) is 5.92 Å². The summed E-state index contributed by atoms with van der Waals surface area (Å²) in [6.45, 7) is 1.41. The van der Waals surface area contributed by atoms with Gasteiger partial charge in [-0.25, -0.2) is 4.79 Å². The number of nitrogens with one attached hydrogen (secondary N) is 1. The number of Topliss-reactive ketones (excluding diaryl/α,β-unsaturated/α-hetero) is 1. The number of esters is 1. The van der Waals surface area contributed by atoms with Crippen LogP contribution < -0.4 is 5.32 Å². The van der Waals surface area contributed by atoms with Crippen LogP contribution in [0.25, 0.3) is 0 Å². The first-order valence-electron chi connectivity index (χ1n) is 7.34. The van der Waals surface area contributed by atoms with Gasteiger partial charge in [0.1, 0.15) is 0 Å².